The van der Waals surface area contributed by atoms with Crippen LogP contribution >= 0.6 is 11.6 Å². The van der Waals surface area contributed by atoms with E-state index < -0.39 is 60.6 Å². The summed E-state index contributed by atoms with van der Waals surface area (Å²) in [6.45, 7) is 0.944. The molecule has 44 heavy (non-hydrogen) atoms. The third kappa shape index (κ3) is 7.10. The number of anilines is 1. The summed E-state index contributed by atoms with van der Waals surface area (Å²) in [6.07, 6.45) is -2.88. The van der Waals surface area contributed by atoms with Gasteiger partial charge in [-0.2, -0.15) is 0 Å². The molecule has 4 N–H and O–H groups in total. The Morgan fingerprint density at radius 1 is 1.09 bits per heavy atom. The highest BCUT2D eigenvalue weighted by Gasteiger charge is 2.43. The van der Waals surface area contributed by atoms with Crippen molar-refractivity contribution < 1.29 is 49.0 Å². The average molecular weight is 635 g/mol. The van der Waals surface area contributed by atoms with Crippen LogP contribution in [0.2, 0.25) is 5.02 Å². The standard InChI is InChI=1S/C31H39ClN2O10/c1-30(17-35,18-36)16-34-22-8-7-19(32)13-21(22)27(20-5-4-6-23(42-2)28(20)43-3)44-24(29(34)40)14-25(37)33-11-9-31(41,10-12-33)15-26(38)39/h4-8,13,24,27,35-36,41H,9-12,14-18H2,1-3H3,(H,38,39)/t24-,27-/m1/s1. The van der Waals surface area contributed by atoms with Crippen LogP contribution in [0.1, 0.15) is 49.8 Å². The van der Waals surface area contributed by atoms with E-state index in [-0.39, 0.29) is 38.9 Å². The molecular weight excluding hydrogens is 596 g/mol. The van der Waals surface area contributed by atoms with Gasteiger partial charge in [0.05, 0.1) is 45.9 Å². The zero-order chi connectivity index (χ0) is 32.2. The predicted molar refractivity (Wildman–Crippen MR) is 160 cm³/mol. The van der Waals surface area contributed by atoms with Crippen molar-refractivity contribution in [2.24, 2.45) is 5.41 Å². The van der Waals surface area contributed by atoms with Crippen molar-refractivity contribution in [2.45, 2.75) is 50.4 Å². The highest BCUT2D eigenvalue weighted by Crippen LogP contribution is 2.45. The van der Waals surface area contributed by atoms with E-state index in [4.69, 9.17) is 30.9 Å². The number of aliphatic hydroxyl groups excluding tert-OH is 2. The Balaban J connectivity index is 1.76. The number of aliphatic carboxylic acids is 1. The van der Waals surface area contributed by atoms with Crippen molar-refractivity contribution >= 4 is 35.1 Å². The molecule has 13 heteroatoms. The number of likely N-dealkylation sites (tertiary alicyclic amines) is 1. The molecule has 0 saturated carbocycles. The number of methoxy groups -OCH3 is 2. The molecule has 2 aromatic carbocycles. The minimum Gasteiger partial charge on any atom is -0.493 e. The number of aliphatic hydroxyl groups is 3. The lowest BCUT2D eigenvalue weighted by Gasteiger charge is -2.38. The molecule has 2 atom stereocenters. The topological polar surface area (TPSA) is 166 Å². The first-order valence-corrected chi connectivity index (χ1v) is 14.7. The molecule has 12 nitrogen and oxygen atoms in total. The lowest BCUT2D eigenvalue weighted by atomic mass is 9.88. The average Bonchev–Trinajstić information content (AvgIpc) is 3.10. The van der Waals surface area contributed by atoms with Gasteiger partial charge in [-0.3, -0.25) is 14.4 Å². The third-order valence-electron chi connectivity index (χ3n) is 8.31. The van der Waals surface area contributed by atoms with Gasteiger partial charge in [0.1, 0.15) is 12.2 Å². The second-order valence-electron chi connectivity index (χ2n) is 11.7. The summed E-state index contributed by atoms with van der Waals surface area (Å²) in [5.41, 5.74) is -1.06. The van der Waals surface area contributed by atoms with E-state index in [9.17, 15) is 29.7 Å². The summed E-state index contributed by atoms with van der Waals surface area (Å²) in [5, 5.41) is 40.3. The molecule has 4 rings (SSSR count). The number of fused-ring (bicyclic) bond motifs is 1. The minimum absolute atomic E-state index is 0.0789. The van der Waals surface area contributed by atoms with E-state index in [1.807, 2.05) is 0 Å². The summed E-state index contributed by atoms with van der Waals surface area (Å²) in [5.74, 6) is -1.30. The van der Waals surface area contributed by atoms with Gasteiger partial charge in [-0.05, 0) is 37.1 Å². The second kappa shape index (κ2) is 13.7. The van der Waals surface area contributed by atoms with Crippen molar-refractivity contribution in [2.75, 3.05) is 52.0 Å². The van der Waals surface area contributed by atoms with Gasteiger partial charge in [0.15, 0.2) is 11.5 Å². The van der Waals surface area contributed by atoms with E-state index in [1.54, 1.807) is 43.3 Å². The highest BCUT2D eigenvalue weighted by atomic mass is 35.5. The lowest BCUT2D eigenvalue weighted by molar-refractivity contribution is -0.149. The van der Waals surface area contributed by atoms with E-state index in [0.717, 1.165) is 0 Å². The molecule has 0 unspecified atom stereocenters. The van der Waals surface area contributed by atoms with Gasteiger partial charge in [0.2, 0.25) is 5.91 Å². The van der Waals surface area contributed by atoms with E-state index in [2.05, 4.69) is 0 Å². The van der Waals surface area contributed by atoms with Gasteiger partial charge in [-0.25, -0.2) is 0 Å². The normalized spacial score (nSPS) is 20.1. The number of halogens is 1. The third-order valence-corrected chi connectivity index (χ3v) is 8.55. The maximum absolute atomic E-state index is 14.3. The fourth-order valence-electron chi connectivity index (χ4n) is 5.68. The molecule has 2 aliphatic rings. The Labute approximate surface area is 260 Å². The fraction of sp³-hybridized carbons (Fsp3) is 0.516. The minimum atomic E-state index is -1.41. The maximum atomic E-state index is 14.3. The van der Waals surface area contributed by atoms with Crippen LogP contribution in [0.25, 0.3) is 0 Å². The van der Waals surface area contributed by atoms with Crippen molar-refractivity contribution in [1.82, 2.24) is 4.90 Å². The summed E-state index contributed by atoms with van der Waals surface area (Å²) in [7, 11) is 2.97. The predicted octanol–water partition coefficient (Wildman–Crippen LogP) is 2.39. The molecule has 0 bridgehead atoms. The van der Waals surface area contributed by atoms with Crippen LogP contribution in [-0.4, -0.2) is 102 Å². The number of rotatable bonds is 11. The van der Waals surface area contributed by atoms with Crippen molar-refractivity contribution in [1.29, 1.82) is 0 Å². The molecule has 2 amide bonds. The van der Waals surface area contributed by atoms with Crippen LogP contribution in [0.15, 0.2) is 36.4 Å². The molecule has 240 valence electrons. The summed E-state index contributed by atoms with van der Waals surface area (Å²) in [4.78, 5) is 41.9. The Bertz CT molecular complexity index is 1370. The van der Waals surface area contributed by atoms with Crippen LogP contribution in [-0.2, 0) is 19.1 Å². The smallest absolute Gasteiger partial charge is 0.306 e. The quantitative estimate of drug-likeness (QED) is 0.288. The molecule has 0 spiro atoms. The van der Waals surface area contributed by atoms with Gasteiger partial charge in [-0.15, -0.1) is 0 Å². The zero-order valence-electron chi connectivity index (χ0n) is 25.0. The number of carboxylic acids is 1. The molecule has 0 aromatic heterocycles. The fourth-order valence-corrected chi connectivity index (χ4v) is 5.86. The second-order valence-corrected chi connectivity index (χ2v) is 12.2. The molecule has 1 fully saturated rings. The van der Waals surface area contributed by atoms with Crippen LogP contribution in [0.5, 0.6) is 11.5 Å². The number of nitrogens with zero attached hydrogens (tertiary/aromatic N) is 2. The number of hydrogen-bond donors (Lipinski definition) is 4. The van der Waals surface area contributed by atoms with E-state index in [0.29, 0.717) is 33.3 Å². The number of hydrogen-bond acceptors (Lipinski definition) is 9. The van der Waals surface area contributed by atoms with Gasteiger partial charge in [-0.1, -0.05) is 30.7 Å². The van der Waals surface area contributed by atoms with Crippen LogP contribution < -0.4 is 14.4 Å². The molecular formula is C31H39ClN2O10. The maximum Gasteiger partial charge on any atom is 0.306 e. The Kier molecular flexibility index (Phi) is 10.4. The van der Waals surface area contributed by atoms with Crippen LogP contribution in [0, 0.1) is 5.41 Å². The number of carbonyl (C=O) groups is 3. The van der Waals surface area contributed by atoms with Gasteiger partial charge >= 0.3 is 5.97 Å². The number of carbonyl (C=O) groups excluding carboxylic acids is 2. The van der Waals surface area contributed by atoms with Gasteiger partial charge in [0, 0.05) is 46.9 Å². The van der Waals surface area contributed by atoms with E-state index in [1.165, 1.54) is 24.0 Å². The summed E-state index contributed by atoms with van der Waals surface area (Å²) < 4.78 is 17.7. The van der Waals surface area contributed by atoms with Crippen LogP contribution in [0.4, 0.5) is 5.69 Å². The number of para-hydroxylation sites is 1. The number of benzene rings is 2. The lowest BCUT2D eigenvalue weighted by Crippen LogP contribution is -2.50. The monoisotopic (exact) mass is 634 g/mol. The van der Waals surface area contributed by atoms with Crippen LogP contribution in [0.3, 0.4) is 0 Å². The van der Waals surface area contributed by atoms with Crippen molar-refractivity contribution in [3.8, 4) is 11.5 Å². The van der Waals surface area contributed by atoms with Crippen molar-refractivity contribution in [3.05, 3.63) is 52.5 Å². The Hall–Kier alpha value is -3.42. The number of piperidine rings is 1. The first-order chi connectivity index (χ1) is 20.9. The summed E-state index contributed by atoms with van der Waals surface area (Å²) in [6, 6.07) is 10.2. The molecule has 2 aromatic rings. The molecule has 1 saturated heterocycles. The molecule has 0 radical (unpaired) electrons. The number of ether oxygens (including phenoxy) is 3. The van der Waals surface area contributed by atoms with Gasteiger partial charge < -0.3 is 44.4 Å². The van der Waals surface area contributed by atoms with Crippen molar-refractivity contribution in [3.63, 3.8) is 0 Å². The summed E-state index contributed by atoms with van der Waals surface area (Å²) >= 11 is 6.45. The number of amides is 2. The molecule has 2 heterocycles. The SMILES string of the molecule is COc1cccc([C@H]2O[C@H](CC(=O)N3CCC(O)(CC(=O)O)CC3)C(=O)N(CC(C)(CO)CO)c3ccc(Cl)cc32)c1OC. The highest BCUT2D eigenvalue weighted by molar-refractivity contribution is 6.30. The Morgan fingerprint density at radius 3 is 2.36 bits per heavy atom. The molecule has 0 aliphatic carbocycles. The van der Waals surface area contributed by atoms with Gasteiger partial charge in [0.25, 0.3) is 5.91 Å². The van der Waals surface area contributed by atoms with E-state index >= 15 is 0 Å². The largest absolute Gasteiger partial charge is 0.493 e. The zero-order valence-corrected chi connectivity index (χ0v) is 25.7. The first kappa shape index (κ1) is 33.5. The molecule has 2 aliphatic heterocycles. The first-order valence-electron chi connectivity index (χ1n) is 14.3. The number of carboxylic acid groups (broad SMARTS) is 1. The Morgan fingerprint density at radius 2 is 1.77 bits per heavy atom.